The second-order valence-electron chi connectivity index (χ2n) is 12.1. The normalized spacial score (nSPS) is 21.4. The molecule has 2 aliphatic carbocycles. The van der Waals surface area contributed by atoms with Crippen LogP contribution < -0.4 is 4.74 Å². The SMILES string of the molecule is CCCCCCOc1c2c(c(Br)c3c1C(C)(C)CC3(CC)CC)C(CC)(CC)CC2(C)C. The number of unbranched alkanes of at least 4 members (excludes halogenated alkanes) is 3. The van der Waals surface area contributed by atoms with E-state index in [4.69, 9.17) is 4.74 Å². The zero-order valence-corrected chi connectivity index (χ0v) is 24.2. The topological polar surface area (TPSA) is 9.23 Å². The van der Waals surface area contributed by atoms with Crippen molar-refractivity contribution in [3.63, 3.8) is 0 Å². The van der Waals surface area contributed by atoms with Gasteiger partial charge in [0.05, 0.1) is 6.61 Å². The lowest BCUT2D eigenvalue weighted by Gasteiger charge is -2.34. The molecule has 0 saturated carbocycles. The minimum atomic E-state index is 0.136. The molecule has 0 atom stereocenters. The Morgan fingerprint density at radius 2 is 1.09 bits per heavy atom. The van der Waals surface area contributed by atoms with E-state index in [2.05, 4.69) is 78.2 Å². The lowest BCUT2D eigenvalue weighted by molar-refractivity contribution is 0.283. The van der Waals surface area contributed by atoms with Crippen molar-refractivity contribution in [2.24, 2.45) is 0 Å². The van der Waals surface area contributed by atoms with E-state index in [0.29, 0.717) is 0 Å². The lowest BCUT2D eigenvalue weighted by atomic mass is 9.72. The average molecular weight is 506 g/mol. The predicted molar refractivity (Wildman–Crippen MR) is 144 cm³/mol. The van der Waals surface area contributed by atoms with Crippen LogP contribution in [0.1, 0.15) is 149 Å². The second kappa shape index (κ2) is 9.27. The highest BCUT2D eigenvalue weighted by atomic mass is 79.9. The van der Waals surface area contributed by atoms with Crippen LogP contribution in [-0.2, 0) is 21.7 Å². The zero-order chi connectivity index (χ0) is 23.9. The van der Waals surface area contributed by atoms with E-state index in [-0.39, 0.29) is 21.7 Å². The minimum Gasteiger partial charge on any atom is -0.493 e. The third kappa shape index (κ3) is 3.89. The zero-order valence-electron chi connectivity index (χ0n) is 22.6. The Morgan fingerprint density at radius 1 is 0.656 bits per heavy atom. The van der Waals surface area contributed by atoms with Gasteiger partial charge in [0.1, 0.15) is 5.75 Å². The molecule has 0 amide bonds. The van der Waals surface area contributed by atoms with Crippen molar-refractivity contribution >= 4 is 15.9 Å². The van der Waals surface area contributed by atoms with Crippen LogP contribution in [0.4, 0.5) is 0 Å². The Labute approximate surface area is 207 Å². The number of hydrogen-bond donors (Lipinski definition) is 0. The summed E-state index contributed by atoms with van der Waals surface area (Å²) in [5.74, 6) is 1.28. The maximum atomic E-state index is 6.91. The van der Waals surface area contributed by atoms with Crippen molar-refractivity contribution in [3.05, 3.63) is 26.7 Å². The number of ether oxygens (including phenoxy) is 1. The highest BCUT2D eigenvalue weighted by Gasteiger charge is 2.56. The minimum absolute atomic E-state index is 0.136. The summed E-state index contributed by atoms with van der Waals surface area (Å²) in [5.41, 5.74) is 7.00. The van der Waals surface area contributed by atoms with Crippen LogP contribution in [0.2, 0.25) is 0 Å². The Hall–Kier alpha value is -0.500. The van der Waals surface area contributed by atoms with E-state index in [1.807, 2.05) is 0 Å². The molecule has 1 aromatic carbocycles. The van der Waals surface area contributed by atoms with Crippen LogP contribution in [0.25, 0.3) is 0 Å². The highest BCUT2D eigenvalue weighted by Crippen LogP contribution is 2.66. The van der Waals surface area contributed by atoms with Crippen molar-refractivity contribution in [2.45, 2.75) is 148 Å². The Balaban J connectivity index is 2.33. The average Bonchev–Trinajstić information content (AvgIpc) is 3.15. The summed E-state index contributed by atoms with van der Waals surface area (Å²) in [4.78, 5) is 0. The van der Waals surface area contributed by atoms with Crippen LogP contribution in [0.5, 0.6) is 5.75 Å². The summed E-state index contributed by atoms with van der Waals surface area (Å²) < 4.78 is 8.34. The molecular weight excluding hydrogens is 456 g/mol. The molecule has 182 valence electrons. The monoisotopic (exact) mass is 504 g/mol. The molecule has 0 fully saturated rings. The first-order chi connectivity index (χ1) is 15.0. The highest BCUT2D eigenvalue weighted by molar-refractivity contribution is 9.10. The van der Waals surface area contributed by atoms with Gasteiger partial charge >= 0.3 is 0 Å². The molecule has 0 heterocycles. The summed E-state index contributed by atoms with van der Waals surface area (Å²) in [6.07, 6.45) is 12.2. The number of rotatable bonds is 10. The molecule has 0 unspecified atom stereocenters. The number of hydrogen-bond acceptors (Lipinski definition) is 1. The fourth-order valence-corrected chi connectivity index (χ4v) is 8.82. The first-order valence-electron chi connectivity index (χ1n) is 13.5. The molecule has 0 spiro atoms. The molecule has 0 bridgehead atoms. The molecule has 2 heteroatoms. The van der Waals surface area contributed by atoms with Gasteiger partial charge in [0, 0.05) is 15.6 Å². The van der Waals surface area contributed by atoms with Crippen LogP contribution in [0.3, 0.4) is 0 Å². The molecule has 0 N–H and O–H groups in total. The van der Waals surface area contributed by atoms with Gasteiger partial charge in [0.25, 0.3) is 0 Å². The molecule has 0 saturated heterocycles. The Bertz CT molecular complexity index is 765. The Morgan fingerprint density at radius 3 is 1.47 bits per heavy atom. The van der Waals surface area contributed by atoms with E-state index in [1.165, 1.54) is 79.1 Å². The third-order valence-corrected chi connectivity index (χ3v) is 10.1. The van der Waals surface area contributed by atoms with Crippen molar-refractivity contribution < 1.29 is 4.74 Å². The van der Waals surface area contributed by atoms with Gasteiger partial charge in [0.2, 0.25) is 0 Å². The van der Waals surface area contributed by atoms with Gasteiger partial charge in [-0.1, -0.05) is 97.5 Å². The molecule has 2 aliphatic rings. The van der Waals surface area contributed by atoms with Crippen LogP contribution in [-0.4, -0.2) is 6.61 Å². The second-order valence-corrected chi connectivity index (χ2v) is 12.9. The maximum absolute atomic E-state index is 6.91. The molecule has 32 heavy (non-hydrogen) atoms. The third-order valence-electron chi connectivity index (χ3n) is 9.32. The fourth-order valence-electron chi connectivity index (χ4n) is 7.58. The van der Waals surface area contributed by atoms with Gasteiger partial charge in [-0.25, -0.2) is 0 Å². The van der Waals surface area contributed by atoms with E-state index in [9.17, 15) is 0 Å². The predicted octanol–water partition coefficient (Wildman–Crippen LogP) is 9.89. The van der Waals surface area contributed by atoms with Crippen LogP contribution in [0.15, 0.2) is 4.47 Å². The molecular formula is C30H49BrO. The molecule has 1 nitrogen and oxygen atoms in total. The Kier molecular flexibility index (Phi) is 7.57. The maximum Gasteiger partial charge on any atom is 0.127 e. The number of fused-ring (bicyclic) bond motifs is 2. The van der Waals surface area contributed by atoms with Gasteiger partial charge < -0.3 is 4.74 Å². The van der Waals surface area contributed by atoms with E-state index < -0.39 is 0 Å². The first kappa shape index (κ1) is 26.1. The lowest BCUT2D eigenvalue weighted by Crippen LogP contribution is -2.26. The molecule has 3 rings (SSSR count). The van der Waals surface area contributed by atoms with Gasteiger partial charge in [-0.15, -0.1) is 0 Å². The first-order valence-corrected chi connectivity index (χ1v) is 14.3. The molecule has 1 aromatic rings. The van der Waals surface area contributed by atoms with E-state index in [1.54, 1.807) is 11.1 Å². The summed E-state index contributed by atoms with van der Waals surface area (Å²) in [7, 11) is 0. The van der Waals surface area contributed by atoms with Gasteiger partial charge in [-0.2, -0.15) is 0 Å². The summed E-state index contributed by atoms with van der Waals surface area (Å²) >= 11 is 4.28. The van der Waals surface area contributed by atoms with Crippen molar-refractivity contribution in [3.8, 4) is 5.75 Å². The van der Waals surface area contributed by atoms with Crippen LogP contribution in [0, 0.1) is 0 Å². The van der Waals surface area contributed by atoms with Crippen LogP contribution >= 0.6 is 15.9 Å². The van der Waals surface area contributed by atoms with Gasteiger partial charge in [0.15, 0.2) is 0 Å². The standard InChI is InChI=1S/C30H49BrO/c1-10-15-16-17-18-32-26-23-21(29(11-2,12-3)19-27(23,6)7)25(31)22-24(26)28(8,9)20-30(22,13-4)14-5/h10-20H2,1-9H3. The van der Waals surface area contributed by atoms with Gasteiger partial charge in [-0.3, -0.25) is 0 Å². The summed E-state index contributed by atoms with van der Waals surface area (Å²) in [5, 5.41) is 0. The van der Waals surface area contributed by atoms with Crippen molar-refractivity contribution in [1.29, 1.82) is 0 Å². The summed E-state index contributed by atoms with van der Waals surface area (Å²) in [6, 6.07) is 0. The largest absolute Gasteiger partial charge is 0.493 e. The molecule has 0 aromatic heterocycles. The summed E-state index contributed by atoms with van der Waals surface area (Å²) in [6.45, 7) is 22.6. The fraction of sp³-hybridized carbons (Fsp3) is 0.800. The van der Waals surface area contributed by atoms with Crippen molar-refractivity contribution in [2.75, 3.05) is 6.61 Å². The quantitative estimate of drug-likeness (QED) is 0.288. The smallest absolute Gasteiger partial charge is 0.127 e. The van der Waals surface area contributed by atoms with Gasteiger partial charge in [-0.05, 0) is 77.7 Å². The number of halogens is 1. The number of benzene rings is 1. The van der Waals surface area contributed by atoms with E-state index >= 15 is 0 Å². The van der Waals surface area contributed by atoms with E-state index in [0.717, 1.165) is 13.0 Å². The molecule has 0 aliphatic heterocycles. The molecule has 0 radical (unpaired) electrons. The van der Waals surface area contributed by atoms with Crippen molar-refractivity contribution in [1.82, 2.24) is 0 Å².